The molecule has 3 heteroatoms. The van der Waals surface area contributed by atoms with E-state index in [-0.39, 0.29) is 16.7 Å². The Morgan fingerprint density at radius 1 is 1.27 bits per heavy atom. The fourth-order valence-corrected chi connectivity index (χ4v) is 2.48. The Morgan fingerprint density at radius 2 is 1.87 bits per heavy atom. The molecule has 80 valence electrons. The second-order valence-electron chi connectivity index (χ2n) is 4.31. The molecule has 0 N–H and O–H groups in total. The summed E-state index contributed by atoms with van der Waals surface area (Å²) in [6.45, 7) is 3.85. The Bertz CT molecular complexity index is 372. The molecule has 1 aliphatic heterocycles. The Labute approximate surface area is 97.8 Å². The highest BCUT2D eigenvalue weighted by molar-refractivity contribution is 9.09. The van der Waals surface area contributed by atoms with Gasteiger partial charge in [0, 0.05) is 0 Å². The van der Waals surface area contributed by atoms with Crippen molar-refractivity contribution in [1.29, 1.82) is 0 Å². The molecule has 0 aromatic heterocycles. The number of rotatable bonds is 1. The molecule has 1 saturated heterocycles. The minimum Gasteiger partial charge on any atom is -0.458 e. The van der Waals surface area contributed by atoms with Crippen molar-refractivity contribution in [3.8, 4) is 0 Å². The average molecular weight is 269 g/mol. The molecule has 1 aliphatic rings. The van der Waals surface area contributed by atoms with Gasteiger partial charge in [0.25, 0.3) is 0 Å². The van der Waals surface area contributed by atoms with Gasteiger partial charge < -0.3 is 4.74 Å². The van der Waals surface area contributed by atoms with E-state index in [1.54, 1.807) is 0 Å². The third kappa shape index (κ3) is 1.81. The highest BCUT2D eigenvalue weighted by Gasteiger charge is 2.49. The van der Waals surface area contributed by atoms with Crippen molar-refractivity contribution in [2.75, 3.05) is 0 Å². The normalized spacial score (nSPS) is 28.9. The number of carbonyl (C=O) groups excluding carboxylic acids is 1. The minimum atomic E-state index is -0.433. The van der Waals surface area contributed by atoms with Gasteiger partial charge in [0.15, 0.2) is 0 Å². The monoisotopic (exact) mass is 268 g/mol. The summed E-state index contributed by atoms with van der Waals surface area (Å²) in [5, 5.41) is 0. The molecule has 2 rings (SSSR count). The van der Waals surface area contributed by atoms with Crippen LogP contribution in [0.25, 0.3) is 0 Å². The number of alkyl halides is 1. The molecule has 1 aromatic carbocycles. The number of ether oxygens (including phenoxy) is 1. The van der Waals surface area contributed by atoms with Gasteiger partial charge in [-0.15, -0.1) is 0 Å². The van der Waals surface area contributed by atoms with Gasteiger partial charge in [-0.3, -0.25) is 4.79 Å². The summed E-state index contributed by atoms with van der Waals surface area (Å²) in [4.78, 5) is 11.8. The van der Waals surface area contributed by atoms with Crippen molar-refractivity contribution in [2.45, 2.75) is 30.2 Å². The van der Waals surface area contributed by atoms with Gasteiger partial charge in [-0.05, 0) is 19.4 Å². The fraction of sp³-hybridized carbons (Fsp3) is 0.417. The summed E-state index contributed by atoms with van der Waals surface area (Å²) in [5.41, 5.74) is 0.576. The number of cyclic esters (lactones) is 1. The Balaban J connectivity index is 2.35. The Hall–Kier alpha value is -0.830. The number of halogens is 1. The van der Waals surface area contributed by atoms with Crippen LogP contribution in [0.15, 0.2) is 30.3 Å². The van der Waals surface area contributed by atoms with Crippen LogP contribution in [0, 0.1) is 0 Å². The zero-order valence-corrected chi connectivity index (χ0v) is 10.3. The zero-order chi connectivity index (χ0) is 11.1. The van der Waals surface area contributed by atoms with Crippen LogP contribution in [-0.2, 0) is 9.53 Å². The zero-order valence-electron chi connectivity index (χ0n) is 8.74. The number of hydrogen-bond donors (Lipinski definition) is 0. The lowest BCUT2D eigenvalue weighted by atomic mass is 9.91. The van der Waals surface area contributed by atoms with Crippen LogP contribution < -0.4 is 0 Å². The number of esters is 1. The van der Waals surface area contributed by atoms with E-state index in [1.165, 1.54) is 0 Å². The van der Waals surface area contributed by atoms with E-state index in [9.17, 15) is 4.79 Å². The molecule has 1 aromatic rings. The van der Waals surface area contributed by atoms with E-state index in [0.717, 1.165) is 5.56 Å². The standard InChI is InChI=1S/C12H13BrO2/c1-12(2)10(13)9(11(14)15-12)8-6-4-3-5-7-8/h3-7,9-10H,1-2H3/t9-,10-/m0/s1. The Kier molecular flexibility index (Phi) is 2.59. The van der Waals surface area contributed by atoms with Crippen molar-refractivity contribution < 1.29 is 9.53 Å². The second-order valence-corrected chi connectivity index (χ2v) is 5.30. The van der Waals surface area contributed by atoms with E-state index in [4.69, 9.17) is 4.74 Å². The van der Waals surface area contributed by atoms with Gasteiger partial charge in [-0.1, -0.05) is 46.3 Å². The smallest absolute Gasteiger partial charge is 0.315 e. The van der Waals surface area contributed by atoms with E-state index in [1.807, 2.05) is 44.2 Å². The topological polar surface area (TPSA) is 26.3 Å². The van der Waals surface area contributed by atoms with Crippen LogP contribution in [0.4, 0.5) is 0 Å². The van der Waals surface area contributed by atoms with E-state index < -0.39 is 5.60 Å². The SMILES string of the molecule is CC1(C)OC(=O)[C@@H](c2ccccc2)[C@@H]1Br. The van der Waals surface area contributed by atoms with Gasteiger partial charge in [-0.25, -0.2) is 0 Å². The van der Waals surface area contributed by atoms with E-state index >= 15 is 0 Å². The number of carbonyl (C=O) groups is 1. The molecule has 2 nitrogen and oxygen atoms in total. The highest BCUT2D eigenvalue weighted by atomic mass is 79.9. The summed E-state index contributed by atoms with van der Waals surface area (Å²) >= 11 is 3.56. The fourth-order valence-electron chi connectivity index (χ4n) is 1.87. The summed E-state index contributed by atoms with van der Waals surface area (Å²) in [6, 6.07) is 9.74. The van der Waals surface area contributed by atoms with Crippen LogP contribution in [0.5, 0.6) is 0 Å². The molecule has 0 saturated carbocycles. The van der Waals surface area contributed by atoms with Gasteiger partial charge in [-0.2, -0.15) is 0 Å². The van der Waals surface area contributed by atoms with Crippen LogP contribution in [0.1, 0.15) is 25.3 Å². The van der Waals surface area contributed by atoms with Crippen LogP contribution >= 0.6 is 15.9 Å². The second kappa shape index (κ2) is 3.63. The molecule has 15 heavy (non-hydrogen) atoms. The lowest BCUT2D eigenvalue weighted by Crippen LogP contribution is -2.29. The van der Waals surface area contributed by atoms with Crippen molar-refractivity contribution in [2.24, 2.45) is 0 Å². The number of hydrogen-bond acceptors (Lipinski definition) is 2. The van der Waals surface area contributed by atoms with Crippen LogP contribution in [0.3, 0.4) is 0 Å². The molecule has 2 atom stereocenters. The van der Waals surface area contributed by atoms with E-state index in [0.29, 0.717) is 0 Å². The first-order chi connectivity index (χ1) is 7.02. The molecule has 0 spiro atoms. The molecule has 0 aliphatic carbocycles. The quantitative estimate of drug-likeness (QED) is 0.579. The van der Waals surface area contributed by atoms with Gasteiger partial charge in [0.1, 0.15) is 5.60 Å². The average Bonchev–Trinajstić information content (AvgIpc) is 2.38. The maximum atomic E-state index is 11.7. The van der Waals surface area contributed by atoms with Gasteiger partial charge in [0.05, 0.1) is 10.7 Å². The predicted octanol–water partition coefficient (Wildman–Crippen LogP) is 2.87. The van der Waals surface area contributed by atoms with Gasteiger partial charge in [0.2, 0.25) is 0 Å². The minimum absolute atomic E-state index is 0.0277. The largest absolute Gasteiger partial charge is 0.458 e. The third-order valence-electron chi connectivity index (χ3n) is 2.73. The summed E-state index contributed by atoms with van der Waals surface area (Å²) in [7, 11) is 0. The molecular weight excluding hydrogens is 256 g/mol. The molecule has 0 bridgehead atoms. The van der Waals surface area contributed by atoms with Crippen LogP contribution in [0.2, 0.25) is 0 Å². The van der Waals surface area contributed by atoms with Crippen molar-refractivity contribution in [1.82, 2.24) is 0 Å². The van der Waals surface area contributed by atoms with Crippen molar-refractivity contribution >= 4 is 21.9 Å². The van der Waals surface area contributed by atoms with Crippen LogP contribution in [-0.4, -0.2) is 16.4 Å². The van der Waals surface area contributed by atoms with E-state index in [2.05, 4.69) is 15.9 Å². The number of benzene rings is 1. The molecule has 0 amide bonds. The summed E-state index contributed by atoms with van der Waals surface area (Å²) in [5.74, 6) is -0.339. The Morgan fingerprint density at radius 3 is 2.33 bits per heavy atom. The van der Waals surface area contributed by atoms with Crippen molar-refractivity contribution in [3.05, 3.63) is 35.9 Å². The summed E-state index contributed by atoms with van der Waals surface area (Å²) < 4.78 is 5.34. The molecule has 1 fully saturated rings. The maximum Gasteiger partial charge on any atom is 0.315 e. The summed E-state index contributed by atoms with van der Waals surface area (Å²) in [6.07, 6.45) is 0. The molecule has 0 radical (unpaired) electrons. The maximum absolute atomic E-state index is 11.7. The lowest BCUT2D eigenvalue weighted by molar-refractivity contribution is -0.146. The van der Waals surface area contributed by atoms with Crippen molar-refractivity contribution in [3.63, 3.8) is 0 Å². The highest BCUT2D eigenvalue weighted by Crippen LogP contribution is 2.42. The lowest BCUT2D eigenvalue weighted by Gasteiger charge is -2.21. The first-order valence-corrected chi connectivity index (χ1v) is 5.86. The molecule has 0 unspecified atom stereocenters. The van der Waals surface area contributed by atoms with Gasteiger partial charge >= 0.3 is 5.97 Å². The first kappa shape index (κ1) is 10.7. The first-order valence-electron chi connectivity index (χ1n) is 4.94. The predicted molar refractivity (Wildman–Crippen MR) is 62.1 cm³/mol. The molecule has 1 heterocycles. The molecular formula is C12H13BrO2. The third-order valence-corrected chi connectivity index (χ3v) is 4.36.